The molecule has 1 aromatic heterocycles. The molecule has 4 aromatic carbocycles. The number of phenolic OH excluding ortho intramolecular Hbond substituents is 1. The molecule has 0 fully saturated rings. The molecule has 0 aliphatic heterocycles. The van der Waals surface area contributed by atoms with E-state index in [1.165, 1.54) is 18.2 Å². The van der Waals surface area contributed by atoms with E-state index >= 15 is 0 Å². The zero-order chi connectivity index (χ0) is 41.9. The normalized spacial score (nSPS) is 12.6. The van der Waals surface area contributed by atoms with Crippen LogP contribution in [-0.4, -0.2) is 69.5 Å². The fraction of sp³-hybridized carbons (Fsp3) is 0. The number of nitrogens with two attached hydrogens (primary N) is 2. The van der Waals surface area contributed by atoms with E-state index in [4.69, 9.17) is 33.6 Å². The summed E-state index contributed by atoms with van der Waals surface area (Å²) in [6, 6.07) is 7.54. The lowest BCUT2D eigenvalue weighted by Crippen LogP contribution is -2.03. The van der Waals surface area contributed by atoms with Crippen LogP contribution >= 0.6 is 35.7 Å². The Labute approximate surface area is 330 Å². The van der Waals surface area contributed by atoms with Gasteiger partial charge < -0.3 is 21.9 Å². The number of hydrogen-bond acceptors (Lipinski definition) is 25. The third kappa shape index (κ3) is 10.3. The van der Waals surface area contributed by atoms with Crippen molar-refractivity contribution in [2.45, 2.75) is 24.5 Å². The molecule has 0 bridgehead atoms. The molecule has 11 N–H and O–H groups in total. The van der Waals surface area contributed by atoms with Crippen LogP contribution in [-0.2, 0) is 49.1 Å². The standard InChI is InChI=1S/C25H19ClN10O16S5/c26-23-30-24(28)32-25(31-23)29-10-1-3-14(53-51-49-38)12(7-10)33-36-21-17(57(46,47)48)6-9-5-15(54-52-50-39)20(19(27)18(9)22(21)37)35-34-13-8-11(55(40,41)42)2-4-16(13)56(43,44)45/h1-8,37-39H,27H2,(H,40,41,42)(H,43,44,45)(H,46,47,48)(H3,28,29,30,31,32). The summed E-state index contributed by atoms with van der Waals surface area (Å²) in [5.41, 5.74) is 8.96. The molecular formula is C25H19ClN10O16S5. The first kappa shape index (κ1) is 43.2. The minimum absolute atomic E-state index is 0.0394. The second kappa shape index (κ2) is 17.3. The van der Waals surface area contributed by atoms with Crippen LogP contribution < -0.4 is 16.8 Å². The maximum Gasteiger partial charge on any atom is 0.296 e. The first-order chi connectivity index (χ1) is 26.7. The van der Waals surface area contributed by atoms with E-state index in [2.05, 4.69) is 59.5 Å². The maximum absolute atomic E-state index is 12.6. The van der Waals surface area contributed by atoms with Crippen molar-refractivity contribution in [2.75, 3.05) is 16.8 Å². The Bertz CT molecular complexity index is 2780. The lowest BCUT2D eigenvalue weighted by atomic mass is 10.1. The highest BCUT2D eigenvalue weighted by atomic mass is 35.5. The molecule has 5 rings (SSSR count). The van der Waals surface area contributed by atoms with Gasteiger partial charge in [-0.25, -0.2) is 10.5 Å². The van der Waals surface area contributed by atoms with Gasteiger partial charge in [0.1, 0.15) is 32.5 Å². The molecule has 32 heteroatoms. The van der Waals surface area contributed by atoms with Gasteiger partial charge in [0, 0.05) is 5.69 Å². The van der Waals surface area contributed by atoms with E-state index in [0.29, 0.717) is 30.2 Å². The molecule has 57 heavy (non-hydrogen) atoms. The lowest BCUT2D eigenvalue weighted by molar-refractivity contribution is -0.432. The summed E-state index contributed by atoms with van der Waals surface area (Å²) in [5.74, 6) is -1.43. The fourth-order valence-electron chi connectivity index (χ4n) is 4.53. The summed E-state index contributed by atoms with van der Waals surface area (Å²) in [5, 5.41) is 53.1. The van der Waals surface area contributed by atoms with Crippen LogP contribution in [0.15, 0.2) is 93.5 Å². The van der Waals surface area contributed by atoms with Gasteiger partial charge in [-0.15, -0.1) is 29.1 Å². The molecule has 5 aromatic rings. The van der Waals surface area contributed by atoms with Gasteiger partial charge in [-0.3, -0.25) is 13.7 Å². The molecule has 0 aliphatic rings. The van der Waals surface area contributed by atoms with Gasteiger partial charge in [-0.1, -0.05) is 10.1 Å². The van der Waals surface area contributed by atoms with Crippen molar-refractivity contribution in [3.8, 4) is 5.75 Å². The minimum Gasteiger partial charge on any atom is -0.505 e. The highest BCUT2D eigenvalue weighted by Gasteiger charge is 2.27. The Morgan fingerprint density at radius 2 is 1.33 bits per heavy atom. The summed E-state index contributed by atoms with van der Waals surface area (Å²) in [4.78, 5) is 8.18. The van der Waals surface area contributed by atoms with Gasteiger partial charge in [0.25, 0.3) is 30.4 Å². The average molecular weight is 911 g/mol. The predicted octanol–water partition coefficient (Wildman–Crippen LogP) is 5.72. The van der Waals surface area contributed by atoms with E-state index in [-0.39, 0.29) is 55.8 Å². The van der Waals surface area contributed by atoms with Gasteiger partial charge in [-0.2, -0.15) is 40.2 Å². The van der Waals surface area contributed by atoms with E-state index in [1.54, 1.807) is 0 Å². The molecule has 302 valence electrons. The number of benzene rings is 4. The second-order valence-electron chi connectivity index (χ2n) is 10.3. The number of aromatic hydroxyl groups is 1. The molecule has 0 saturated carbocycles. The Morgan fingerprint density at radius 3 is 1.95 bits per heavy atom. The van der Waals surface area contributed by atoms with Gasteiger partial charge in [-0.05, 0) is 65.5 Å². The highest BCUT2D eigenvalue weighted by molar-refractivity contribution is 7.95. The third-order valence-electron chi connectivity index (χ3n) is 6.76. The Balaban J connectivity index is 1.72. The van der Waals surface area contributed by atoms with Crippen molar-refractivity contribution >= 4 is 123 Å². The number of rotatable bonds is 15. The van der Waals surface area contributed by atoms with Gasteiger partial charge in [0.05, 0.1) is 49.8 Å². The molecule has 1 heterocycles. The SMILES string of the molecule is Nc1nc(Cl)nc(Nc2ccc(SOOO)c(N=Nc3c(S(=O)(=O)O)cc4cc(SOOO)c(N=Nc5cc(S(=O)(=O)O)ccc5S(=O)(=O)O)c(N)c4c3O)c2)n1. The topological polar surface area (TPSA) is 413 Å². The molecule has 26 nitrogen and oxygen atoms in total. The maximum atomic E-state index is 12.6. The first-order valence-electron chi connectivity index (χ1n) is 14.1. The minimum atomic E-state index is -5.26. The monoisotopic (exact) mass is 910 g/mol. The molecule has 0 atom stereocenters. The van der Waals surface area contributed by atoms with E-state index in [9.17, 15) is 44.0 Å². The average Bonchev–Trinajstić information content (AvgIpc) is 3.10. The van der Waals surface area contributed by atoms with E-state index < -0.39 is 78.9 Å². The molecule has 0 amide bonds. The quantitative estimate of drug-likeness (QED) is 0.0151. The number of hydrogen-bond donors (Lipinski definition) is 9. The summed E-state index contributed by atoms with van der Waals surface area (Å²) >= 11 is 6.37. The fourth-order valence-corrected chi connectivity index (χ4v) is 7.38. The first-order valence-corrected chi connectivity index (χ1v) is 20.3. The third-order valence-corrected chi connectivity index (χ3v) is 10.8. The number of fused-ring (bicyclic) bond motifs is 1. The molecule has 0 aliphatic carbocycles. The van der Waals surface area contributed by atoms with Crippen LogP contribution in [0.5, 0.6) is 5.75 Å². The number of halogens is 1. The largest absolute Gasteiger partial charge is 0.505 e. The van der Waals surface area contributed by atoms with Crippen molar-refractivity contribution in [2.24, 2.45) is 20.5 Å². The number of aromatic nitrogens is 3. The van der Waals surface area contributed by atoms with Crippen molar-refractivity contribution in [1.82, 2.24) is 15.0 Å². The summed E-state index contributed by atoms with van der Waals surface area (Å²) in [7, 11) is -15.3. The Morgan fingerprint density at radius 1 is 0.702 bits per heavy atom. The summed E-state index contributed by atoms with van der Waals surface area (Å²) < 4.78 is 111. The van der Waals surface area contributed by atoms with Crippen LogP contribution in [0.3, 0.4) is 0 Å². The zero-order valence-electron chi connectivity index (χ0n) is 27.1. The predicted molar refractivity (Wildman–Crippen MR) is 195 cm³/mol. The second-order valence-corrected chi connectivity index (χ2v) is 16.3. The van der Waals surface area contributed by atoms with Crippen LogP contribution in [0, 0.1) is 0 Å². The molecular weight excluding hydrogens is 892 g/mol. The molecule has 0 unspecified atom stereocenters. The van der Waals surface area contributed by atoms with E-state index in [1.807, 2.05) is 0 Å². The van der Waals surface area contributed by atoms with Crippen LogP contribution in [0.2, 0.25) is 5.28 Å². The van der Waals surface area contributed by atoms with E-state index in [0.717, 1.165) is 12.1 Å². The lowest BCUT2D eigenvalue weighted by Gasteiger charge is -2.14. The number of nitrogens with zero attached hydrogens (tertiary/aromatic N) is 7. The summed E-state index contributed by atoms with van der Waals surface area (Å²) in [6.07, 6.45) is 0. The Kier molecular flexibility index (Phi) is 13.1. The van der Waals surface area contributed by atoms with Crippen molar-refractivity contribution < 1.29 is 73.3 Å². The molecule has 0 radical (unpaired) electrons. The molecule has 0 saturated heterocycles. The van der Waals surface area contributed by atoms with Crippen LogP contribution in [0.1, 0.15) is 0 Å². The highest BCUT2D eigenvalue weighted by Crippen LogP contribution is 2.50. The smallest absolute Gasteiger partial charge is 0.296 e. The van der Waals surface area contributed by atoms with Gasteiger partial charge in [0.2, 0.25) is 17.2 Å². The number of nitrogen functional groups attached to an aromatic ring is 2. The molecule has 0 spiro atoms. The van der Waals surface area contributed by atoms with Crippen molar-refractivity contribution in [3.05, 3.63) is 53.8 Å². The van der Waals surface area contributed by atoms with Crippen LogP contribution in [0.4, 0.5) is 46.0 Å². The number of azo groups is 2. The zero-order valence-corrected chi connectivity index (χ0v) is 31.9. The number of anilines is 4. The Hall–Kier alpha value is -4.97. The van der Waals surface area contributed by atoms with Crippen LogP contribution in [0.25, 0.3) is 10.8 Å². The van der Waals surface area contributed by atoms with Gasteiger partial charge >= 0.3 is 0 Å². The number of phenols is 1. The summed E-state index contributed by atoms with van der Waals surface area (Å²) in [6.45, 7) is 0. The van der Waals surface area contributed by atoms with Crippen molar-refractivity contribution in [1.29, 1.82) is 0 Å². The number of nitrogens with one attached hydrogen (secondary N) is 1. The van der Waals surface area contributed by atoms with Gasteiger partial charge in [0.15, 0.2) is 5.75 Å². The van der Waals surface area contributed by atoms with Crippen molar-refractivity contribution in [3.63, 3.8) is 0 Å².